The van der Waals surface area contributed by atoms with Crippen LogP contribution < -0.4 is 16.0 Å². The highest BCUT2D eigenvalue weighted by Gasteiger charge is 2.21. The molecule has 0 aliphatic heterocycles. The third-order valence-electron chi connectivity index (χ3n) is 5.44. The highest BCUT2D eigenvalue weighted by molar-refractivity contribution is 5.89. The Labute approximate surface area is 173 Å². The first kappa shape index (κ1) is 19.7. The van der Waals surface area contributed by atoms with E-state index < -0.39 is 4.92 Å². The van der Waals surface area contributed by atoms with Gasteiger partial charge in [-0.3, -0.25) is 10.1 Å². The van der Waals surface area contributed by atoms with Gasteiger partial charge in [0, 0.05) is 31.2 Å². The fourth-order valence-electron chi connectivity index (χ4n) is 3.77. The lowest BCUT2D eigenvalue weighted by Gasteiger charge is -2.29. The van der Waals surface area contributed by atoms with Gasteiger partial charge in [0.05, 0.1) is 4.92 Å². The van der Waals surface area contributed by atoms with Crippen LogP contribution in [-0.4, -0.2) is 44.5 Å². The van der Waals surface area contributed by atoms with Crippen LogP contribution in [0.2, 0.25) is 0 Å². The summed E-state index contributed by atoms with van der Waals surface area (Å²) in [5.74, 6) is 2.59. The van der Waals surface area contributed by atoms with E-state index in [1.807, 2.05) is 19.2 Å². The molecule has 3 heterocycles. The largest absolute Gasteiger partial charge is 0.371 e. The number of hydrogen-bond acceptors (Lipinski definition) is 9. The van der Waals surface area contributed by atoms with Crippen molar-refractivity contribution in [2.75, 3.05) is 29.5 Å². The summed E-state index contributed by atoms with van der Waals surface area (Å²) in [7, 11) is 1.85. The number of rotatable bonds is 7. The highest BCUT2D eigenvalue weighted by atomic mass is 16.6. The van der Waals surface area contributed by atoms with Gasteiger partial charge >= 0.3 is 5.69 Å². The molecule has 3 aromatic rings. The molecule has 1 fully saturated rings. The van der Waals surface area contributed by atoms with Crippen molar-refractivity contribution in [1.82, 2.24) is 19.9 Å². The zero-order valence-corrected chi connectivity index (χ0v) is 16.7. The Morgan fingerprint density at radius 3 is 2.57 bits per heavy atom. The van der Waals surface area contributed by atoms with E-state index in [1.54, 1.807) is 6.20 Å². The van der Waals surface area contributed by atoms with E-state index in [0.29, 0.717) is 17.9 Å². The third kappa shape index (κ3) is 4.53. The maximum Gasteiger partial charge on any atom is 0.305 e. The summed E-state index contributed by atoms with van der Waals surface area (Å²) in [6.07, 6.45) is 8.49. The van der Waals surface area contributed by atoms with E-state index in [9.17, 15) is 10.1 Å². The molecule has 0 bridgehead atoms. The molecule has 0 saturated heterocycles. The monoisotopic (exact) mass is 408 g/mol. The minimum Gasteiger partial charge on any atom is -0.371 e. The predicted octanol–water partition coefficient (Wildman–Crippen LogP) is 3.45. The van der Waals surface area contributed by atoms with Gasteiger partial charge in [0.15, 0.2) is 5.82 Å². The van der Waals surface area contributed by atoms with Crippen molar-refractivity contribution in [3.05, 3.63) is 46.9 Å². The normalized spacial score (nSPS) is 18.7. The number of hydrogen-bond donors (Lipinski definition) is 3. The summed E-state index contributed by atoms with van der Waals surface area (Å²) in [5.41, 5.74) is 0.762. The predicted molar refractivity (Wildman–Crippen MR) is 116 cm³/mol. The van der Waals surface area contributed by atoms with Gasteiger partial charge < -0.3 is 16.0 Å². The van der Waals surface area contributed by atoms with Crippen molar-refractivity contribution >= 4 is 34.2 Å². The fraction of sp³-hybridized carbons (Fsp3) is 0.400. The molecule has 10 nitrogen and oxygen atoms in total. The number of nitrogens with zero attached hydrogens (tertiary/aromatic N) is 5. The van der Waals surface area contributed by atoms with Crippen molar-refractivity contribution < 1.29 is 4.92 Å². The van der Waals surface area contributed by atoms with Crippen LogP contribution in [0.4, 0.5) is 23.3 Å². The minimum atomic E-state index is -0.501. The molecule has 30 heavy (non-hydrogen) atoms. The van der Waals surface area contributed by atoms with Gasteiger partial charge in [-0.25, -0.2) is 19.9 Å². The Hall–Kier alpha value is -3.56. The van der Waals surface area contributed by atoms with Crippen LogP contribution in [0.5, 0.6) is 0 Å². The first-order chi connectivity index (χ1) is 14.6. The standard InChI is InChI=1S/C20H24N8O2/c1-21-19-18-14(8-9-22-19)4-7-17(27-18)26-15-5-2-13(3-6-15)10-23-20-24-11-16(12-25-20)28(29)30/h4,7-9,11-13,15H,2-3,5-6,10H2,1H3,(H,21,22)(H,26,27)(H,23,24,25). The highest BCUT2D eigenvalue weighted by Crippen LogP contribution is 2.27. The van der Waals surface area contributed by atoms with Crippen LogP contribution in [0.3, 0.4) is 0 Å². The van der Waals surface area contributed by atoms with Gasteiger partial charge in [-0.1, -0.05) is 0 Å². The molecule has 0 radical (unpaired) electrons. The van der Waals surface area contributed by atoms with E-state index >= 15 is 0 Å². The molecule has 0 amide bonds. The fourth-order valence-corrected chi connectivity index (χ4v) is 3.77. The van der Waals surface area contributed by atoms with Crippen LogP contribution in [0.1, 0.15) is 25.7 Å². The smallest absolute Gasteiger partial charge is 0.305 e. The quantitative estimate of drug-likeness (QED) is 0.397. The molecule has 10 heteroatoms. The van der Waals surface area contributed by atoms with E-state index in [1.165, 1.54) is 12.4 Å². The van der Waals surface area contributed by atoms with Crippen molar-refractivity contribution in [2.45, 2.75) is 31.7 Å². The topological polar surface area (TPSA) is 131 Å². The number of nitro groups is 1. The lowest BCUT2D eigenvalue weighted by molar-refractivity contribution is -0.385. The molecule has 1 aliphatic rings. The molecule has 1 aliphatic carbocycles. The molecule has 3 N–H and O–H groups in total. The summed E-state index contributed by atoms with van der Waals surface area (Å²) in [5, 5.41) is 21.6. The van der Waals surface area contributed by atoms with Gasteiger partial charge in [-0.15, -0.1) is 0 Å². The second-order valence-electron chi connectivity index (χ2n) is 7.44. The first-order valence-corrected chi connectivity index (χ1v) is 10.0. The van der Waals surface area contributed by atoms with Crippen LogP contribution in [0.25, 0.3) is 10.9 Å². The molecular weight excluding hydrogens is 384 g/mol. The van der Waals surface area contributed by atoms with Gasteiger partial charge in [0.2, 0.25) is 5.95 Å². The third-order valence-corrected chi connectivity index (χ3v) is 5.44. The van der Waals surface area contributed by atoms with Gasteiger partial charge in [-0.05, 0) is 49.8 Å². The average Bonchev–Trinajstić information content (AvgIpc) is 2.78. The minimum absolute atomic E-state index is 0.105. The number of anilines is 3. The Kier molecular flexibility index (Phi) is 5.82. The van der Waals surface area contributed by atoms with E-state index in [4.69, 9.17) is 4.98 Å². The second-order valence-corrected chi connectivity index (χ2v) is 7.44. The zero-order chi connectivity index (χ0) is 20.9. The Balaban J connectivity index is 1.28. The van der Waals surface area contributed by atoms with Crippen LogP contribution >= 0.6 is 0 Å². The molecule has 0 aromatic carbocycles. The zero-order valence-electron chi connectivity index (χ0n) is 16.7. The second kappa shape index (κ2) is 8.85. The van der Waals surface area contributed by atoms with Crippen LogP contribution in [-0.2, 0) is 0 Å². The molecular formula is C20H24N8O2. The molecule has 3 aromatic heterocycles. The molecule has 1 saturated carbocycles. The Bertz CT molecular complexity index is 1020. The van der Waals surface area contributed by atoms with E-state index in [2.05, 4.69) is 37.0 Å². The van der Waals surface area contributed by atoms with Gasteiger partial charge in [0.25, 0.3) is 0 Å². The molecule has 0 unspecified atom stereocenters. The van der Waals surface area contributed by atoms with Crippen molar-refractivity contribution in [1.29, 1.82) is 0 Å². The molecule has 0 atom stereocenters. The summed E-state index contributed by atoms with van der Waals surface area (Å²) in [6, 6.07) is 6.42. The van der Waals surface area contributed by atoms with Gasteiger partial charge in [0.1, 0.15) is 23.7 Å². The summed E-state index contributed by atoms with van der Waals surface area (Å²) >= 11 is 0. The lowest BCUT2D eigenvalue weighted by atomic mass is 9.86. The van der Waals surface area contributed by atoms with E-state index in [0.717, 1.165) is 54.8 Å². The van der Waals surface area contributed by atoms with Gasteiger partial charge in [-0.2, -0.15) is 0 Å². The maximum atomic E-state index is 10.7. The molecule has 156 valence electrons. The van der Waals surface area contributed by atoms with E-state index in [-0.39, 0.29) is 5.69 Å². The lowest BCUT2D eigenvalue weighted by Crippen LogP contribution is -2.29. The Morgan fingerprint density at radius 1 is 1.10 bits per heavy atom. The summed E-state index contributed by atoms with van der Waals surface area (Å²) < 4.78 is 0. The number of nitrogens with one attached hydrogen (secondary N) is 3. The number of pyridine rings is 2. The number of aromatic nitrogens is 4. The van der Waals surface area contributed by atoms with Crippen molar-refractivity contribution in [3.8, 4) is 0 Å². The summed E-state index contributed by atoms with van der Waals surface area (Å²) in [6.45, 7) is 0.760. The average molecular weight is 408 g/mol. The molecule has 0 spiro atoms. The number of fused-ring (bicyclic) bond motifs is 1. The maximum absolute atomic E-state index is 10.7. The Morgan fingerprint density at radius 2 is 1.87 bits per heavy atom. The first-order valence-electron chi connectivity index (χ1n) is 10.0. The molecule has 4 rings (SSSR count). The SMILES string of the molecule is CNc1nccc2ccc(NC3CCC(CNc4ncc([N+](=O)[O-])cn4)CC3)nc12. The van der Waals surface area contributed by atoms with Crippen LogP contribution in [0.15, 0.2) is 36.8 Å². The van der Waals surface area contributed by atoms with Crippen LogP contribution in [0, 0.1) is 16.0 Å². The summed E-state index contributed by atoms with van der Waals surface area (Å²) in [4.78, 5) is 27.2. The van der Waals surface area contributed by atoms with Crippen molar-refractivity contribution in [3.63, 3.8) is 0 Å². The van der Waals surface area contributed by atoms with Crippen molar-refractivity contribution in [2.24, 2.45) is 5.92 Å².